The van der Waals surface area contributed by atoms with Crippen LogP contribution < -0.4 is 4.74 Å². The molecule has 6 nitrogen and oxygen atoms in total. The average Bonchev–Trinajstić information content (AvgIpc) is 2.90. The van der Waals surface area contributed by atoms with Crippen molar-refractivity contribution < 1.29 is 14.1 Å². The lowest BCUT2D eigenvalue weighted by atomic mass is 10.2. The Morgan fingerprint density at radius 3 is 2.57 bits per heavy atom. The van der Waals surface area contributed by atoms with E-state index in [1.165, 1.54) is 17.9 Å². The van der Waals surface area contributed by atoms with E-state index < -0.39 is 10.7 Å². The van der Waals surface area contributed by atoms with E-state index in [4.69, 9.17) is 4.74 Å². The van der Waals surface area contributed by atoms with Gasteiger partial charge in [-0.3, -0.25) is 10.1 Å². The zero-order valence-corrected chi connectivity index (χ0v) is 12.1. The van der Waals surface area contributed by atoms with E-state index in [0.29, 0.717) is 12.8 Å². The van der Waals surface area contributed by atoms with Crippen molar-refractivity contribution >= 4 is 5.69 Å². The highest BCUT2D eigenvalue weighted by molar-refractivity contribution is 5.57. The second kappa shape index (κ2) is 5.90. The Balaban J connectivity index is 2.71. The molecule has 21 heavy (non-hydrogen) atoms. The van der Waals surface area contributed by atoms with Crippen molar-refractivity contribution in [3.05, 3.63) is 45.5 Å². The maximum absolute atomic E-state index is 13.7. The van der Waals surface area contributed by atoms with Crippen LogP contribution in [0.3, 0.4) is 0 Å². The normalized spacial score (nSPS) is 10.7. The molecule has 0 aliphatic carbocycles. The van der Waals surface area contributed by atoms with Crippen molar-refractivity contribution in [3.63, 3.8) is 0 Å². The van der Waals surface area contributed by atoms with Crippen molar-refractivity contribution in [1.29, 1.82) is 0 Å². The molecule has 0 saturated carbocycles. The van der Waals surface area contributed by atoms with Crippen molar-refractivity contribution in [2.24, 2.45) is 0 Å². The number of aryl methyl sites for hydroxylation is 2. The number of ether oxygens (including phenoxy) is 1. The maximum atomic E-state index is 13.7. The summed E-state index contributed by atoms with van der Waals surface area (Å²) in [6.45, 7) is 3.88. The maximum Gasteiger partial charge on any atom is 0.298 e. The van der Waals surface area contributed by atoms with Crippen LogP contribution in [0, 0.1) is 15.9 Å². The summed E-state index contributed by atoms with van der Waals surface area (Å²) in [6, 6.07) is 4.06. The molecule has 0 atom stereocenters. The third kappa shape index (κ3) is 2.72. The van der Waals surface area contributed by atoms with Crippen molar-refractivity contribution in [2.75, 3.05) is 7.11 Å². The number of hydrogen-bond acceptors (Lipinski definition) is 4. The third-order valence-electron chi connectivity index (χ3n) is 3.23. The zero-order valence-electron chi connectivity index (χ0n) is 12.1. The molecule has 0 fully saturated rings. The number of nitrogens with zero attached hydrogens (tertiary/aromatic N) is 3. The van der Waals surface area contributed by atoms with Crippen LogP contribution in [-0.4, -0.2) is 21.8 Å². The molecule has 0 N–H and O–H groups in total. The molecule has 0 spiro atoms. The molecule has 7 heteroatoms. The van der Waals surface area contributed by atoms with Crippen molar-refractivity contribution in [3.8, 4) is 11.4 Å². The monoisotopic (exact) mass is 293 g/mol. The summed E-state index contributed by atoms with van der Waals surface area (Å²) in [5.41, 5.74) is 1.51. The lowest BCUT2D eigenvalue weighted by Gasteiger charge is -2.09. The van der Waals surface area contributed by atoms with E-state index in [2.05, 4.69) is 5.10 Å². The molecule has 0 unspecified atom stereocenters. The van der Waals surface area contributed by atoms with Crippen molar-refractivity contribution in [1.82, 2.24) is 9.78 Å². The molecular formula is C14H16FN3O3. The summed E-state index contributed by atoms with van der Waals surface area (Å²) in [5, 5.41) is 15.5. The van der Waals surface area contributed by atoms with Crippen LogP contribution in [0.5, 0.6) is 5.75 Å². The number of aromatic nitrogens is 2. The van der Waals surface area contributed by atoms with Gasteiger partial charge in [-0.15, -0.1) is 0 Å². The molecule has 0 amide bonds. The molecule has 0 radical (unpaired) electrons. The minimum absolute atomic E-state index is 0.0498. The average molecular weight is 293 g/mol. The second-order valence-electron chi connectivity index (χ2n) is 4.48. The fourth-order valence-electron chi connectivity index (χ4n) is 2.11. The first-order valence-corrected chi connectivity index (χ1v) is 6.61. The fraction of sp³-hybridized carbons (Fsp3) is 0.357. The standard InChI is InChI=1S/C14H16FN3O3/c1-4-9-6-10(5-2)17(16-9)12-8-14(21-3)11(15)7-13(12)18(19)20/h6-8H,4-5H2,1-3H3. The van der Waals surface area contributed by atoms with Crippen LogP contribution in [0.15, 0.2) is 18.2 Å². The Kier molecular flexibility index (Phi) is 4.21. The van der Waals surface area contributed by atoms with Gasteiger partial charge in [-0.25, -0.2) is 9.07 Å². The van der Waals surface area contributed by atoms with Gasteiger partial charge in [-0.05, 0) is 18.9 Å². The molecule has 2 rings (SSSR count). The van der Waals surface area contributed by atoms with Crippen LogP contribution in [0.1, 0.15) is 25.2 Å². The summed E-state index contributed by atoms with van der Waals surface area (Å²) in [7, 11) is 1.31. The molecule has 112 valence electrons. The van der Waals surface area contributed by atoms with Gasteiger partial charge in [0, 0.05) is 11.8 Å². The first-order chi connectivity index (χ1) is 10.0. The Morgan fingerprint density at radius 1 is 1.33 bits per heavy atom. The topological polar surface area (TPSA) is 70.2 Å². The van der Waals surface area contributed by atoms with E-state index in [9.17, 15) is 14.5 Å². The fourth-order valence-corrected chi connectivity index (χ4v) is 2.11. The first kappa shape index (κ1) is 15.0. The van der Waals surface area contributed by atoms with Gasteiger partial charge in [0.1, 0.15) is 5.69 Å². The summed E-state index contributed by atoms with van der Waals surface area (Å²) in [4.78, 5) is 10.6. The highest BCUT2D eigenvalue weighted by atomic mass is 19.1. The predicted octanol–water partition coefficient (Wildman–Crippen LogP) is 3.05. The number of halogens is 1. The van der Waals surface area contributed by atoms with Crippen LogP contribution in [0.4, 0.5) is 10.1 Å². The number of rotatable bonds is 5. The van der Waals surface area contributed by atoms with Gasteiger partial charge in [0.2, 0.25) is 0 Å². The molecule has 1 heterocycles. The van der Waals surface area contributed by atoms with Crippen molar-refractivity contribution in [2.45, 2.75) is 26.7 Å². The van der Waals surface area contributed by atoms with E-state index in [1.54, 1.807) is 0 Å². The van der Waals surface area contributed by atoms with E-state index in [0.717, 1.165) is 17.5 Å². The largest absolute Gasteiger partial charge is 0.494 e. The molecular weight excluding hydrogens is 277 g/mol. The highest BCUT2D eigenvalue weighted by Crippen LogP contribution is 2.31. The summed E-state index contributed by atoms with van der Waals surface area (Å²) in [6.07, 6.45) is 1.37. The molecule has 1 aromatic carbocycles. The molecule has 0 aliphatic rings. The van der Waals surface area contributed by atoms with Crippen LogP contribution in [0.25, 0.3) is 5.69 Å². The number of nitro groups is 1. The Morgan fingerprint density at radius 2 is 2.05 bits per heavy atom. The molecule has 1 aromatic heterocycles. The number of methoxy groups -OCH3 is 1. The lowest BCUT2D eigenvalue weighted by molar-refractivity contribution is -0.384. The van der Waals surface area contributed by atoms with Crippen LogP contribution in [0.2, 0.25) is 0 Å². The molecule has 0 saturated heterocycles. The van der Waals surface area contributed by atoms with Gasteiger partial charge < -0.3 is 4.74 Å². The summed E-state index contributed by atoms with van der Waals surface area (Å²) < 4.78 is 20.1. The van der Waals surface area contributed by atoms with Gasteiger partial charge >= 0.3 is 0 Å². The number of benzene rings is 1. The quantitative estimate of drug-likeness (QED) is 0.627. The minimum Gasteiger partial charge on any atom is -0.494 e. The van der Waals surface area contributed by atoms with Gasteiger partial charge in [-0.2, -0.15) is 5.10 Å². The summed E-state index contributed by atoms with van der Waals surface area (Å²) >= 11 is 0. The lowest BCUT2D eigenvalue weighted by Crippen LogP contribution is -2.07. The first-order valence-electron chi connectivity index (χ1n) is 6.61. The highest BCUT2D eigenvalue weighted by Gasteiger charge is 2.22. The van der Waals surface area contributed by atoms with E-state index in [-0.39, 0.29) is 17.1 Å². The Bertz CT molecular complexity index is 682. The van der Waals surface area contributed by atoms with Crippen LogP contribution in [-0.2, 0) is 12.8 Å². The van der Waals surface area contributed by atoms with E-state index >= 15 is 0 Å². The molecule has 0 aliphatic heterocycles. The Hall–Kier alpha value is -2.44. The van der Waals surface area contributed by atoms with Gasteiger partial charge in [0.05, 0.1) is 23.8 Å². The molecule has 0 bridgehead atoms. The smallest absolute Gasteiger partial charge is 0.298 e. The summed E-state index contributed by atoms with van der Waals surface area (Å²) in [5.74, 6) is -0.819. The van der Waals surface area contributed by atoms with Gasteiger partial charge in [-0.1, -0.05) is 13.8 Å². The molecule has 2 aromatic rings. The zero-order chi connectivity index (χ0) is 15.6. The van der Waals surface area contributed by atoms with Crippen LogP contribution >= 0.6 is 0 Å². The second-order valence-corrected chi connectivity index (χ2v) is 4.48. The Labute approximate surface area is 121 Å². The third-order valence-corrected chi connectivity index (χ3v) is 3.23. The SMILES string of the molecule is CCc1cc(CC)n(-c2cc(OC)c(F)cc2[N+](=O)[O-])n1. The van der Waals surface area contributed by atoms with Gasteiger partial charge in [0.25, 0.3) is 5.69 Å². The number of nitro benzene ring substituents is 1. The minimum atomic E-state index is -0.770. The predicted molar refractivity (Wildman–Crippen MR) is 75.5 cm³/mol. The van der Waals surface area contributed by atoms with E-state index in [1.807, 2.05) is 19.9 Å². The van der Waals surface area contributed by atoms with Gasteiger partial charge in [0.15, 0.2) is 11.6 Å². The number of hydrogen-bond donors (Lipinski definition) is 0.